The van der Waals surface area contributed by atoms with E-state index in [9.17, 15) is 14.7 Å². The Morgan fingerprint density at radius 2 is 1.69 bits per heavy atom. The van der Waals surface area contributed by atoms with Crippen LogP contribution in [0.4, 0.5) is 0 Å². The highest BCUT2D eigenvalue weighted by molar-refractivity contribution is 8.01. The fourth-order valence-corrected chi connectivity index (χ4v) is 6.03. The Morgan fingerprint density at radius 1 is 1.00 bits per heavy atom. The number of nitrogens with one attached hydrogen (secondary N) is 1. The molecular formula is C28H33N3O6S2. The van der Waals surface area contributed by atoms with Crippen LogP contribution in [0.25, 0.3) is 0 Å². The third-order valence-electron chi connectivity index (χ3n) is 6.30. The number of carboxylic acid groups (broad SMARTS) is 1. The lowest BCUT2D eigenvalue weighted by Crippen LogP contribution is -2.31. The van der Waals surface area contributed by atoms with Gasteiger partial charge in [-0.2, -0.15) is 0 Å². The zero-order valence-corrected chi connectivity index (χ0v) is 23.4. The van der Waals surface area contributed by atoms with E-state index in [1.807, 2.05) is 55.5 Å². The molecular weight excluding hydrogens is 538 g/mol. The van der Waals surface area contributed by atoms with Crippen molar-refractivity contribution in [3.8, 4) is 0 Å². The summed E-state index contributed by atoms with van der Waals surface area (Å²) in [4.78, 5) is 22.7. The lowest BCUT2D eigenvalue weighted by molar-refractivity contribution is -0.245. The van der Waals surface area contributed by atoms with Gasteiger partial charge in [0.2, 0.25) is 5.91 Å². The summed E-state index contributed by atoms with van der Waals surface area (Å²) in [6.07, 6.45) is 1.33. The quantitative estimate of drug-likeness (QED) is 0.193. The zero-order valence-electron chi connectivity index (χ0n) is 21.7. The van der Waals surface area contributed by atoms with Crippen LogP contribution in [-0.2, 0) is 32.2 Å². The molecule has 3 aromatic rings. The molecule has 0 unspecified atom stereocenters. The van der Waals surface area contributed by atoms with Gasteiger partial charge in [-0.25, -0.2) is 0 Å². The first kappa shape index (κ1) is 29.2. The molecule has 0 aliphatic carbocycles. The molecule has 2 aromatic carbocycles. The number of carboxylic acids is 1. The Balaban J connectivity index is 1.37. The fraction of sp³-hybridized carbons (Fsp3) is 0.429. The summed E-state index contributed by atoms with van der Waals surface area (Å²) < 4.78 is 13.7. The van der Waals surface area contributed by atoms with E-state index in [-0.39, 0.29) is 31.1 Å². The molecule has 1 aromatic heterocycles. The number of unbranched alkanes of at least 4 members (excludes halogenated alkanes) is 1. The second kappa shape index (κ2) is 14.5. The van der Waals surface area contributed by atoms with Crippen molar-refractivity contribution in [2.75, 3.05) is 5.75 Å². The van der Waals surface area contributed by atoms with Gasteiger partial charge in [0.15, 0.2) is 10.6 Å². The van der Waals surface area contributed by atoms with Crippen LogP contribution < -0.4 is 5.32 Å². The number of thioether (sulfide) groups is 1. The molecule has 4 rings (SSSR count). The number of aliphatic carboxylic acids is 1. The maximum absolute atomic E-state index is 12.1. The lowest BCUT2D eigenvalue weighted by atomic mass is 10.0. The topological polar surface area (TPSA) is 131 Å². The first-order chi connectivity index (χ1) is 18.9. The number of aromatic nitrogens is 2. The molecule has 0 radical (unpaired) electrons. The van der Waals surface area contributed by atoms with Crippen molar-refractivity contribution in [1.82, 2.24) is 15.5 Å². The Hall–Kier alpha value is -2.83. The van der Waals surface area contributed by atoms with Crippen molar-refractivity contribution in [1.29, 1.82) is 0 Å². The molecule has 3 atom stereocenters. The lowest BCUT2D eigenvalue weighted by Gasteiger charge is -2.36. The van der Waals surface area contributed by atoms with Crippen molar-refractivity contribution in [3.63, 3.8) is 0 Å². The Morgan fingerprint density at radius 3 is 2.36 bits per heavy atom. The number of ether oxygens (including phenoxy) is 2. The van der Waals surface area contributed by atoms with E-state index in [4.69, 9.17) is 14.6 Å². The van der Waals surface area contributed by atoms with E-state index >= 15 is 0 Å². The highest BCUT2D eigenvalue weighted by atomic mass is 32.2. The molecule has 1 aliphatic rings. The number of carbonyl (C=O) groups is 2. The van der Waals surface area contributed by atoms with E-state index in [1.165, 1.54) is 0 Å². The van der Waals surface area contributed by atoms with Crippen LogP contribution in [0.1, 0.15) is 71.8 Å². The van der Waals surface area contributed by atoms with Gasteiger partial charge in [0.1, 0.15) is 5.01 Å². The molecule has 9 nitrogen and oxygen atoms in total. The Kier molecular flexibility index (Phi) is 10.9. The first-order valence-electron chi connectivity index (χ1n) is 12.9. The second-order valence-electron chi connectivity index (χ2n) is 9.37. The minimum Gasteiger partial charge on any atom is -0.481 e. The van der Waals surface area contributed by atoms with Crippen LogP contribution in [0.15, 0.2) is 52.9 Å². The third-order valence-corrected chi connectivity index (χ3v) is 8.41. The van der Waals surface area contributed by atoms with Crippen molar-refractivity contribution < 1.29 is 29.3 Å². The molecule has 208 valence electrons. The van der Waals surface area contributed by atoms with Gasteiger partial charge >= 0.3 is 5.97 Å². The highest BCUT2D eigenvalue weighted by Crippen LogP contribution is 2.39. The van der Waals surface area contributed by atoms with Crippen molar-refractivity contribution in [2.24, 2.45) is 0 Å². The maximum Gasteiger partial charge on any atom is 0.303 e. The first-order valence-corrected chi connectivity index (χ1v) is 14.7. The summed E-state index contributed by atoms with van der Waals surface area (Å²) >= 11 is 3.20. The van der Waals surface area contributed by atoms with Gasteiger partial charge < -0.3 is 25.0 Å². The van der Waals surface area contributed by atoms with Crippen LogP contribution in [0.5, 0.6) is 0 Å². The largest absolute Gasteiger partial charge is 0.481 e. The number of aliphatic hydroxyl groups excluding tert-OH is 1. The molecule has 1 saturated heterocycles. The zero-order chi connectivity index (χ0) is 27.6. The molecule has 0 saturated carbocycles. The summed E-state index contributed by atoms with van der Waals surface area (Å²) in [7, 11) is 0. The summed E-state index contributed by atoms with van der Waals surface area (Å²) in [6.45, 7) is 2.33. The van der Waals surface area contributed by atoms with Gasteiger partial charge in [-0.15, -0.1) is 10.2 Å². The molecule has 1 fully saturated rings. The SMILES string of the molecule is Cc1nnc(SC[C@@H]2C[C@H](c3ccc(CO)cc3)O[C@H](c3ccc(CNC(=O)CCCCC(=O)O)cc3)O2)s1. The van der Waals surface area contributed by atoms with Gasteiger partial charge in [-0.3, -0.25) is 9.59 Å². The number of aliphatic hydroxyl groups is 1. The molecule has 39 heavy (non-hydrogen) atoms. The summed E-state index contributed by atoms with van der Waals surface area (Å²) in [5.41, 5.74) is 3.72. The molecule has 0 spiro atoms. The van der Waals surface area contributed by atoms with E-state index in [0.717, 1.165) is 37.4 Å². The number of amides is 1. The van der Waals surface area contributed by atoms with Crippen LogP contribution in [-0.4, -0.2) is 44.1 Å². The number of benzene rings is 2. The highest BCUT2D eigenvalue weighted by Gasteiger charge is 2.32. The molecule has 0 bridgehead atoms. The third kappa shape index (κ3) is 9.11. The van der Waals surface area contributed by atoms with E-state index in [0.29, 0.717) is 32.2 Å². The monoisotopic (exact) mass is 571 g/mol. The fourth-order valence-electron chi connectivity index (χ4n) is 4.17. The van der Waals surface area contributed by atoms with Gasteiger partial charge in [0.25, 0.3) is 0 Å². The van der Waals surface area contributed by atoms with Crippen LogP contribution in [0, 0.1) is 6.92 Å². The van der Waals surface area contributed by atoms with Crippen LogP contribution >= 0.6 is 23.1 Å². The van der Waals surface area contributed by atoms with Gasteiger partial charge in [-0.1, -0.05) is 71.6 Å². The second-order valence-corrected chi connectivity index (χ2v) is 11.8. The number of aryl methyl sites for hydroxylation is 1. The average Bonchev–Trinajstić information content (AvgIpc) is 3.38. The molecule has 11 heteroatoms. The van der Waals surface area contributed by atoms with E-state index in [1.54, 1.807) is 23.1 Å². The standard InChI is InChI=1S/C28H33N3O6S2/c1-18-30-31-28(39-18)38-17-23-14-24(21-10-8-20(16-32)9-11-21)37-27(36-23)22-12-6-19(7-13-22)15-29-25(33)4-2-3-5-26(34)35/h6-13,23-24,27,32H,2-5,14-17H2,1H3,(H,29,33)(H,34,35)/t23-,24+,27+/m0/s1. The molecule has 2 heterocycles. The number of hydrogen-bond acceptors (Lipinski definition) is 9. The molecule has 1 amide bonds. The summed E-state index contributed by atoms with van der Waals surface area (Å²) in [5.74, 6) is -0.218. The van der Waals surface area contributed by atoms with Crippen molar-refractivity contribution >= 4 is 35.0 Å². The summed E-state index contributed by atoms with van der Waals surface area (Å²) in [6, 6.07) is 15.6. The van der Waals surface area contributed by atoms with E-state index < -0.39 is 12.3 Å². The minimum absolute atomic E-state index is 0.00437. The Bertz CT molecular complexity index is 1220. The number of rotatable bonds is 13. The van der Waals surface area contributed by atoms with Gasteiger partial charge in [-0.05, 0) is 36.5 Å². The number of hydrogen-bond donors (Lipinski definition) is 3. The summed E-state index contributed by atoms with van der Waals surface area (Å²) in [5, 5.41) is 30.2. The average molecular weight is 572 g/mol. The van der Waals surface area contributed by atoms with Gasteiger partial charge in [0.05, 0.1) is 18.8 Å². The molecule has 1 aliphatic heterocycles. The Labute approximate surface area is 236 Å². The number of nitrogens with zero attached hydrogens (tertiary/aromatic N) is 2. The van der Waals surface area contributed by atoms with Crippen LogP contribution in [0.3, 0.4) is 0 Å². The number of carbonyl (C=O) groups excluding carboxylic acids is 1. The molecule has 3 N–H and O–H groups in total. The normalized spacial score (nSPS) is 19.1. The van der Waals surface area contributed by atoms with Crippen molar-refractivity contribution in [3.05, 3.63) is 75.8 Å². The van der Waals surface area contributed by atoms with Gasteiger partial charge in [0, 0.05) is 37.1 Å². The predicted octanol–water partition coefficient (Wildman–Crippen LogP) is 4.94. The maximum atomic E-state index is 12.1. The van der Waals surface area contributed by atoms with Crippen LogP contribution in [0.2, 0.25) is 0 Å². The van der Waals surface area contributed by atoms with E-state index in [2.05, 4.69) is 15.5 Å². The predicted molar refractivity (Wildman–Crippen MR) is 148 cm³/mol. The van der Waals surface area contributed by atoms with Crippen molar-refractivity contribution in [2.45, 2.75) is 75.0 Å². The minimum atomic E-state index is -0.843. The smallest absolute Gasteiger partial charge is 0.303 e.